The molecule has 2 aromatic carbocycles. The fraction of sp³-hybridized carbons (Fsp3) is 0.429. The van der Waals surface area contributed by atoms with Gasteiger partial charge in [0.25, 0.3) is 0 Å². The molecule has 0 atom stereocenters. The Balaban J connectivity index is 1.76. The highest BCUT2D eigenvalue weighted by atomic mass is 32.2. The Morgan fingerprint density at radius 1 is 1.00 bits per heavy atom. The molecule has 26 heavy (non-hydrogen) atoms. The maximum Gasteiger partial charge on any atom is 0.243 e. The molecule has 2 aromatic rings. The average molecular weight is 371 g/mol. The quantitative estimate of drug-likeness (QED) is 0.815. The van der Waals surface area contributed by atoms with Gasteiger partial charge in [0.2, 0.25) is 10.0 Å². The molecule has 2 aliphatic heterocycles. The molecule has 0 amide bonds. The second-order valence-electron chi connectivity index (χ2n) is 7.83. The van der Waals surface area contributed by atoms with Crippen LogP contribution in [0.1, 0.15) is 29.5 Å². The van der Waals surface area contributed by atoms with Crippen LogP contribution in [0.5, 0.6) is 0 Å². The standard InChI is InChI=1S/C21H26N2O2S/c1-17-6-5-8-19(14-17)26(24,25)23-15-18-7-3-4-9-20(18)21(16-23)10-12-22(2)13-11-21/h3-9,14H,10-13,15-16H2,1-2H3. The van der Waals surface area contributed by atoms with Crippen LogP contribution in [0.2, 0.25) is 0 Å². The molecule has 0 radical (unpaired) electrons. The highest BCUT2D eigenvalue weighted by Crippen LogP contribution is 2.43. The summed E-state index contributed by atoms with van der Waals surface area (Å²) >= 11 is 0. The minimum atomic E-state index is -3.50. The van der Waals surface area contributed by atoms with Crippen molar-refractivity contribution in [3.8, 4) is 0 Å². The van der Waals surface area contributed by atoms with Gasteiger partial charge in [0.15, 0.2) is 0 Å². The van der Waals surface area contributed by atoms with Gasteiger partial charge in [-0.2, -0.15) is 4.31 Å². The first-order valence-electron chi connectivity index (χ1n) is 9.25. The minimum absolute atomic E-state index is 0.0712. The van der Waals surface area contributed by atoms with Crippen LogP contribution in [0.4, 0.5) is 0 Å². The van der Waals surface area contributed by atoms with E-state index in [-0.39, 0.29) is 5.41 Å². The van der Waals surface area contributed by atoms with Crippen molar-refractivity contribution in [1.82, 2.24) is 9.21 Å². The lowest BCUT2D eigenvalue weighted by atomic mass is 9.69. The first-order chi connectivity index (χ1) is 12.4. The average Bonchev–Trinajstić information content (AvgIpc) is 2.64. The van der Waals surface area contributed by atoms with Crippen LogP contribution in [0.15, 0.2) is 53.4 Å². The first kappa shape index (κ1) is 17.7. The third kappa shape index (κ3) is 2.98. The third-order valence-electron chi connectivity index (χ3n) is 5.99. The minimum Gasteiger partial charge on any atom is -0.306 e. The van der Waals surface area contributed by atoms with Gasteiger partial charge >= 0.3 is 0 Å². The number of hydrogen-bond acceptors (Lipinski definition) is 3. The largest absolute Gasteiger partial charge is 0.306 e. The smallest absolute Gasteiger partial charge is 0.243 e. The molecule has 4 rings (SSSR count). The predicted molar refractivity (Wildman–Crippen MR) is 104 cm³/mol. The summed E-state index contributed by atoms with van der Waals surface area (Å²) in [5.74, 6) is 0. The predicted octanol–water partition coefficient (Wildman–Crippen LogP) is 3.16. The number of rotatable bonds is 2. The number of fused-ring (bicyclic) bond motifs is 2. The van der Waals surface area contributed by atoms with Crippen LogP contribution >= 0.6 is 0 Å². The van der Waals surface area contributed by atoms with Crippen LogP contribution in [-0.2, 0) is 22.0 Å². The van der Waals surface area contributed by atoms with Crippen molar-refractivity contribution in [3.63, 3.8) is 0 Å². The van der Waals surface area contributed by atoms with Gasteiger partial charge in [0, 0.05) is 18.5 Å². The maximum atomic E-state index is 13.4. The number of aryl methyl sites for hydroxylation is 1. The number of sulfonamides is 1. The van der Waals surface area contributed by atoms with Crippen LogP contribution in [0.3, 0.4) is 0 Å². The van der Waals surface area contributed by atoms with Crippen molar-refractivity contribution < 1.29 is 8.42 Å². The highest BCUT2D eigenvalue weighted by Gasteiger charge is 2.44. The van der Waals surface area contributed by atoms with E-state index in [0.717, 1.165) is 37.1 Å². The Morgan fingerprint density at radius 2 is 1.73 bits per heavy atom. The zero-order valence-corrected chi connectivity index (χ0v) is 16.3. The Morgan fingerprint density at radius 3 is 2.46 bits per heavy atom. The molecule has 1 saturated heterocycles. The van der Waals surface area contributed by atoms with Crippen molar-refractivity contribution in [2.24, 2.45) is 0 Å². The Hall–Kier alpha value is -1.69. The van der Waals surface area contributed by atoms with Gasteiger partial charge in [0.05, 0.1) is 4.90 Å². The molecular formula is C21H26N2O2S. The molecule has 1 fully saturated rings. The van der Waals surface area contributed by atoms with Gasteiger partial charge in [-0.3, -0.25) is 0 Å². The van der Waals surface area contributed by atoms with Crippen LogP contribution in [0, 0.1) is 6.92 Å². The SMILES string of the molecule is Cc1cccc(S(=O)(=O)N2Cc3ccccc3C3(CCN(C)CC3)C2)c1. The van der Waals surface area contributed by atoms with Crippen molar-refractivity contribution in [2.45, 2.75) is 36.6 Å². The van der Waals surface area contributed by atoms with Crippen molar-refractivity contribution in [2.75, 3.05) is 26.7 Å². The molecule has 0 saturated carbocycles. The fourth-order valence-corrected chi connectivity index (χ4v) is 6.02. The normalized spacial score (nSPS) is 20.8. The van der Waals surface area contributed by atoms with E-state index in [9.17, 15) is 8.42 Å². The molecule has 2 aliphatic rings. The number of benzene rings is 2. The van der Waals surface area contributed by atoms with Crippen LogP contribution in [0.25, 0.3) is 0 Å². The van der Waals surface area contributed by atoms with E-state index in [1.165, 1.54) is 5.56 Å². The van der Waals surface area contributed by atoms with Crippen molar-refractivity contribution in [1.29, 1.82) is 0 Å². The summed E-state index contributed by atoms with van der Waals surface area (Å²) in [5, 5.41) is 0. The molecular weight excluding hydrogens is 344 g/mol. The molecule has 0 bridgehead atoms. The lowest BCUT2D eigenvalue weighted by Crippen LogP contribution is -2.52. The van der Waals surface area contributed by atoms with Gasteiger partial charge in [-0.25, -0.2) is 8.42 Å². The summed E-state index contributed by atoms with van der Waals surface area (Å²) in [6.45, 7) is 4.99. The second-order valence-corrected chi connectivity index (χ2v) is 9.77. The van der Waals surface area contributed by atoms with Crippen LogP contribution < -0.4 is 0 Å². The summed E-state index contributed by atoms with van der Waals surface area (Å²) in [4.78, 5) is 2.74. The molecule has 0 N–H and O–H groups in total. The highest BCUT2D eigenvalue weighted by molar-refractivity contribution is 7.89. The zero-order valence-electron chi connectivity index (χ0n) is 15.5. The Labute approximate surface area is 156 Å². The van der Waals surface area contributed by atoms with E-state index in [0.29, 0.717) is 18.0 Å². The lowest BCUT2D eigenvalue weighted by Gasteiger charge is -2.47. The summed E-state index contributed by atoms with van der Waals surface area (Å²) in [6, 6.07) is 15.6. The Bertz CT molecular complexity index is 915. The first-order valence-corrected chi connectivity index (χ1v) is 10.7. The molecule has 138 valence electrons. The number of piperidine rings is 1. The van der Waals surface area contributed by atoms with Gasteiger partial charge < -0.3 is 4.90 Å². The van der Waals surface area contributed by atoms with Gasteiger partial charge in [0.1, 0.15) is 0 Å². The molecule has 1 spiro atoms. The fourth-order valence-electron chi connectivity index (χ4n) is 4.41. The molecule has 4 nitrogen and oxygen atoms in total. The number of hydrogen-bond donors (Lipinski definition) is 0. The molecule has 5 heteroatoms. The van der Waals surface area contributed by atoms with E-state index >= 15 is 0 Å². The summed E-state index contributed by atoms with van der Waals surface area (Å²) in [7, 11) is -1.35. The van der Waals surface area contributed by atoms with E-state index in [2.05, 4.69) is 30.1 Å². The van der Waals surface area contributed by atoms with Crippen LogP contribution in [-0.4, -0.2) is 44.3 Å². The summed E-state index contributed by atoms with van der Waals surface area (Å²) in [6.07, 6.45) is 2.00. The molecule has 2 heterocycles. The molecule has 0 unspecified atom stereocenters. The van der Waals surface area contributed by atoms with E-state index in [4.69, 9.17) is 0 Å². The number of likely N-dealkylation sites (tertiary alicyclic amines) is 1. The number of nitrogens with zero attached hydrogens (tertiary/aromatic N) is 2. The van der Waals surface area contributed by atoms with Crippen molar-refractivity contribution in [3.05, 3.63) is 65.2 Å². The second kappa shape index (κ2) is 6.48. The summed E-state index contributed by atoms with van der Waals surface area (Å²) < 4.78 is 28.4. The van der Waals surface area contributed by atoms with Gasteiger partial charge in [-0.05, 0) is 68.7 Å². The van der Waals surface area contributed by atoms with E-state index in [1.54, 1.807) is 16.4 Å². The lowest BCUT2D eigenvalue weighted by molar-refractivity contribution is 0.148. The maximum absolute atomic E-state index is 13.4. The topological polar surface area (TPSA) is 40.6 Å². The van der Waals surface area contributed by atoms with Gasteiger partial charge in [-0.1, -0.05) is 36.4 Å². The summed E-state index contributed by atoms with van der Waals surface area (Å²) in [5.41, 5.74) is 3.40. The Kier molecular flexibility index (Phi) is 4.41. The molecule has 0 aromatic heterocycles. The monoisotopic (exact) mass is 370 g/mol. The van der Waals surface area contributed by atoms with E-state index in [1.807, 2.05) is 25.1 Å². The zero-order chi connectivity index (χ0) is 18.4. The van der Waals surface area contributed by atoms with Gasteiger partial charge in [-0.15, -0.1) is 0 Å². The van der Waals surface area contributed by atoms with Crippen molar-refractivity contribution >= 4 is 10.0 Å². The molecule has 0 aliphatic carbocycles. The third-order valence-corrected chi connectivity index (χ3v) is 7.77. The van der Waals surface area contributed by atoms with E-state index < -0.39 is 10.0 Å².